The Bertz CT molecular complexity index is 205. The van der Waals surface area contributed by atoms with Gasteiger partial charge >= 0.3 is 0 Å². The van der Waals surface area contributed by atoms with E-state index in [0.717, 1.165) is 0 Å². The minimum atomic E-state index is 0. The molecule has 0 fully saturated rings. The lowest BCUT2D eigenvalue weighted by atomic mass is 10.3. The molecule has 0 amide bonds. The van der Waals surface area contributed by atoms with E-state index in [1.54, 1.807) is 0 Å². The molecule has 64 valence electrons. The van der Waals surface area contributed by atoms with Gasteiger partial charge in [-0.1, -0.05) is 0 Å². The fourth-order valence-electron chi connectivity index (χ4n) is 0.771. The standard InChI is InChI=1S/C7H11N2.ClH.HI/c1-9-4-2-3-7(5-8)6-9;;/h2-4,6H,5,8H2,1H3;2*1H/q+1;;/p-1. The van der Waals surface area contributed by atoms with Gasteiger partial charge in [-0.3, -0.25) is 0 Å². The van der Waals surface area contributed by atoms with Gasteiger partial charge < -0.3 is 29.7 Å². The minimum absolute atomic E-state index is 0. The van der Waals surface area contributed by atoms with Crippen LogP contribution in [-0.2, 0) is 13.6 Å². The molecule has 1 aromatic rings. The lowest BCUT2D eigenvalue weighted by Crippen LogP contribution is -3.00. The minimum Gasteiger partial charge on any atom is -1.00 e. The Morgan fingerprint density at radius 3 is 2.55 bits per heavy atom. The van der Waals surface area contributed by atoms with Crippen LogP contribution in [0.25, 0.3) is 0 Å². The van der Waals surface area contributed by atoms with E-state index in [0.29, 0.717) is 6.54 Å². The smallest absolute Gasteiger partial charge is 0.173 e. The molecule has 2 nitrogen and oxygen atoms in total. The van der Waals surface area contributed by atoms with Crippen molar-refractivity contribution in [2.45, 2.75) is 6.54 Å². The molecule has 4 heteroatoms. The normalized spacial score (nSPS) is 7.82. The van der Waals surface area contributed by atoms with Crippen molar-refractivity contribution in [1.82, 2.24) is 0 Å². The van der Waals surface area contributed by atoms with E-state index in [2.05, 4.69) is 0 Å². The van der Waals surface area contributed by atoms with E-state index in [-0.39, 0.29) is 36.4 Å². The summed E-state index contributed by atoms with van der Waals surface area (Å²) in [6.45, 7) is 0.620. The van der Waals surface area contributed by atoms with Crippen molar-refractivity contribution in [2.24, 2.45) is 12.8 Å². The molecule has 1 rings (SSSR count). The number of hydrogen-bond donors (Lipinski definition) is 1. The van der Waals surface area contributed by atoms with Crippen LogP contribution < -0.4 is 34.3 Å². The average Bonchev–Trinajstić information content (AvgIpc) is 1.88. The molecule has 1 aromatic heterocycles. The molecular weight excluding hydrogens is 274 g/mol. The Morgan fingerprint density at radius 2 is 2.18 bits per heavy atom. The molecule has 2 N–H and O–H groups in total. The first-order chi connectivity index (χ1) is 4.33. The molecule has 0 aromatic carbocycles. The summed E-state index contributed by atoms with van der Waals surface area (Å²) in [5.41, 5.74) is 6.57. The maximum absolute atomic E-state index is 5.41. The van der Waals surface area contributed by atoms with Gasteiger partial charge in [0.15, 0.2) is 12.4 Å². The van der Waals surface area contributed by atoms with Crippen molar-refractivity contribution in [3.05, 3.63) is 30.1 Å². The van der Waals surface area contributed by atoms with Gasteiger partial charge in [0.2, 0.25) is 0 Å². The number of halogens is 2. The van der Waals surface area contributed by atoms with Gasteiger partial charge in [-0.15, -0.1) is 12.4 Å². The second kappa shape index (κ2) is 6.82. The first kappa shape index (κ1) is 13.7. The number of aromatic nitrogens is 1. The fraction of sp³-hybridized carbons (Fsp3) is 0.286. The van der Waals surface area contributed by atoms with Gasteiger partial charge in [0.25, 0.3) is 0 Å². The lowest BCUT2D eigenvalue weighted by molar-refractivity contribution is -0.671. The Labute approximate surface area is 90.2 Å². The van der Waals surface area contributed by atoms with Gasteiger partial charge in [0, 0.05) is 18.2 Å². The summed E-state index contributed by atoms with van der Waals surface area (Å²) in [7, 11) is 1.99. The van der Waals surface area contributed by atoms with E-state index in [1.165, 1.54) is 5.56 Å². The van der Waals surface area contributed by atoms with Crippen molar-refractivity contribution in [1.29, 1.82) is 0 Å². The molecule has 0 atom stereocenters. The third-order valence-electron chi connectivity index (χ3n) is 1.24. The Hall–Kier alpha value is 0.130. The van der Waals surface area contributed by atoms with Crippen molar-refractivity contribution in [2.75, 3.05) is 0 Å². The van der Waals surface area contributed by atoms with Gasteiger partial charge in [0.1, 0.15) is 7.05 Å². The maximum atomic E-state index is 5.41. The van der Waals surface area contributed by atoms with Crippen molar-refractivity contribution in [3.63, 3.8) is 0 Å². The third kappa shape index (κ3) is 4.55. The third-order valence-corrected chi connectivity index (χ3v) is 1.24. The Kier molecular flexibility index (Phi) is 8.49. The lowest BCUT2D eigenvalue weighted by Gasteiger charge is -1.90. The molecule has 0 radical (unpaired) electrons. The van der Waals surface area contributed by atoms with Crippen molar-refractivity contribution >= 4 is 12.4 Å². The second-order valence-corrected chi connectivity index (χ2v) is 2.08. The van der Waals surface area contributed by atoms with Crippen LogP contribution in [-0.4, -0.2) is 0 Å². The van der Waals surface area contributed by atoms with Crippen LogP contribution in [0.2, 0.25) is 0 Å². The highest BCUT2D eigenvalue weighted by Crippen LogP contribution is 1.89. The molecule has 0 aliphatic carbocycles. The molecule has 0 spiro atoms. The van der Waals surface area contributed by atoms with Crippen LogP contribution in [0.15, 0.2) is 24.5 Å². The summed E-state index contributed by atoms with van der Waals surface area (Å²) >= 11 is 0. The van der Waals surface area contributed by atoms with Crippen LogP contribution >= 0.6 is 12.4 Å². The summed E-state index contributed by atoms with van der Waals surface area (Å²) < 4.78 is 1.99. The predicted octanol–water partition coefficient (Wildman–Crippen LogP) is -2.60. The van der Waals surface area contributed by atoms with Gasteiger partial charge in [-0.2, -0.15) is 0 Å². The number of rotatable bonds is 1. The molecule has 0 saturated heterocycles. The molecule has 0 bridgehead atoms. The number of hydrogen-bond acceptors (Lipinski definition) is 1. The van der Waals surface area contributed by atoms with Gasteiger partial charge in [0.05, 0.1) is 0 Å². The molecule has 0 unspecified atom stereocenters. The Balaban J connectivity index is 0. The second-order valence-electron chi connectivity index (χ2n) is 2.08. The zero-order valence-electron chi connectivity index (χ0n) is 6.33. The van der Waals surface area contributed by atoms with Crippen LogP contribution in [0.3, 0.4) is 0 Å². The number of nitrogens with zero attached hydrogens (tertiary/aromatic N) is 1. The van der Waals surface area contributed by atoms with Crippen molar-refractivity contribution < 1.29 is 28.5 Å². The molecular formula is C7H12ClIN2. The molecule has 1 heterocycles. The zero-order chi connectivity index (χ0) is 6.69. The summed E-state index contributed by atoms with van der Waals surface area (Å²) in [6.07, 6.45) is 4.00. The first-order valence-electron chi connectivity index (χ1n) is 2.97. The molecule has 0 aliphatic heterocycles. The highest BCUT2D eigenvalue weighted by molar-refractivity contribution is 5.85. The topological polar surface area (TPSA) is 29.9 Å². The SMILES string of the molecule is C[n+]1cccc(CN)c1.Cl.[I-]. The predicted molar refractivity (Wildman–Crippen MR) is 42.8 cm³/mol. The number of aryl methyl sites for hydroxylation is 1. The first-order valence-corrected chi connectivity index (χ1v) is 2.97. The van der Waals surface area contributed by atoms with Gasteiger partial charge in [-0.25, -0.2) is 4.57 Å². The van der Waals surface area contributed by atoms with Crippen LogP contribution in [0.5, 0.6) is 0 Å². The maximum Gasteiger partial charge on any atom is 0.173 e. The van der Waals surface area contributed by atoms with Crippen molar-refractivity contribution in [3.8, 4) is 0 Å². The van der Waals surface area contributed by atoms with E-state index >= 15 is 0 Å². The largest absolute Gasteiger partial charge is 1.00 e. The van der Waals surface area contributed by atoms with Gasteiger partial charge in [-0.05, 0) is 6.07 Å². The van der Waals surface area contributed by atoms with E-state index in [4.69, 9.17) is 5.73 Å². The summed E-state index contributed by atoms with van der Waals surface area (Å²) in [5.74, 6) is 0. The monoisotopic (exact) mass is 286 g/mol. The summed E-state index contributed by atoms with van der Waals surface area (Å²) in [6, 6.07) is 4.00. The van der Waals surface area contributed by atoms with E-state index in [9.17, 15) is 0 Å². The highest BCUT2D eigenvalue weighted by atomic mass is 127. The Morgan fingerprint density at radius 1 is 1.55 bits per heavy atom. The number of nitrogens with two attached hydrogens (primary N) is 1. The van der Waals surface area contributed by atoms with E-state index in [1.807, 2.05) is 36.1 Å². The van der Waals surface area contributed by atoms with Crippen LogP contribution in [0.1, 0.15) is 5.56 Å². The van der Waals surface area contributed by atoms with Crippen LogP contribution in [0.4, 0.5) is 0 Å². The molecule has 0 saturated carbocycles. The van der Waals surface area contributed by atoms with E-state index < -0.39 is 0 Å². The fourth-order valence-corrected chi connectivity index (χ4v) is 0.771. The highest BCUT2D eigenvalue weighted by Gasteiger charge is 1.92. The quantitative estimate of drug-likeness (QED) is 0.445. The summed E-state index contributed by atoms with van der Waals surface area (Å²) in [4.78, 5) is 0. The summed E-state index contributed by atoms with van der Waals surface area (Å²) in [5, 5.41) is 0. The zero-order valence-corrected chi connectivity index (χ0v) is 9.30. The molecule has 0 aliphatic rings. The number of pyridine rings is 1. The van der Waals surface area contributed by atoms with Crippen LogP contribution in [0, 0.1) is 0 Å². The average molecular weight is 287 g/mol. The molecule has 11 heavy (non-hydrogen) atoms.